The van der Waals surface area contributed by atoms with Crippen LogP contribution < -0.4 is 5.32 Å². The van der Waals surface area contributed by atoms with Crippen LogP contribution in [-0.4, -0.2) is 12.8 Å². The topological polar surface area (TPSA) is 30.5 Å². The van der Waals surface area contributed by atoms with Gasteiger partial charge in [-0.15, -0.1) is 0 Å². The molecular weight excluding hydrogens is 346 g/mol. The van der Waals surface area contributed by atoms with Crippen molar-refractivity contribution >= 4 is 5.69 Å². The SMILES string of the molecule is c1ccc([C@@H]2C[C@@H]3c4ccccc4N[C@H]4OC[C@@](c5ccccc5)(O2)[C@@H]34)cc1. The van der Waals surface area contributed by atoms with Crippen molar-refractivity contribution in [1.82, 2.24) is 0 Å². The van der Waals surface area contributed by atoms with Crippen LogP contribution in [0.3, 0.4) is 0 Å². The summed E-state index contributed by atoms with van der Waals surface area (Å²) < 4.78 is 13.3. The van der Waals surface area contributed by atoms with Crippen molar-refractivity contribution in [3.8, 4) is 0 Å². The minimum Gasteiger partial charge on any atom is -0.360 e. The second-order valence-electron chi connectivity index (χ2n) is 8.10. The summed E-state index contributed by atoms with van der Waals surface area (Å²) >= 11 is 0. The lowest BCUT2D eigenvalue weighted by atomic mass is 9.66. The van der Waals surface area contributed by atoms with Crippen molar-refractivity contribution < 1.29 is 9.47 Å². The van der Waals surface area contributed by atoms with Gasteiger partial charge < -0.3 is 14.8 Å². The third-order valence-corrected chi connectivity index (χ3v) is 6.69. The van der Waals surface area contributed by atoms with Crippen LogP contribution in [0.1, 0.15) is 35.1 Å². The fraction of sp³-hybridized carbons (Fsp3) is 0.280. The maximum absolute atomic E-state index is 6.96. The maximum Gasteiger partial charge on any atom is 0.134 e. The molecule has 0 spiro atoms. The molecule has 0 aromatic heterocycles. The molecule has 0 saturated carbocycles. The first-order valence-electron chi connectivity index (χ1n) is 10.1. The summed E-state index contributed by atoms with van der Waals surface area (Å²) in [5.74, 6) is 0.647. The summed E-state index contributed by atoms with van der Waals surface area (Å²) in [6.07, 6.45) is 1.01. The molecule has 3 heterocycles. The van der Waals surface area contributed by atoms with E-state index in [0.29, 0.717) is 12.5 Å². The second kappa shape index (κ2) is 6.20. The second-order valence-corrected chi connectivity index (χ2v) is 8.10. The summed E-state index contributed by atoms with van der Waals surface area (Å²) in [5.41, 5.74) is 4.62. The average Bonchev–Trinajstić information content (AvgIpc) is 3.15. The van der Waals surface area contributed by atoms with E-state index in [4.69, 9.17) is 9.47 Å². The Labute approximate surface area is 165 Å². The molecule has 3 aliphatic heterocycles. The number of hydrogen-bond donors (Lipinski definition) is 1. The quantitative estimate of drug-likeness (QED) is 0.671. The lowest BCUT2D eigenvalue weighted by Gasteiger charge is -2.50. The Morgan fingerprint density at radius 2 is 1.54 bits per heavy atom. The van der Waals surface area contributed by atoms with Gasteiger partial charge in [0, 0.05) is 11.6 Å². The molecule has 0 bridgehead atoms. The van der Waals surface area contributed by atoms with Crippen molar-refractivity contribution in [1.29, 1.82) is 0 Å². The smallest absolute Gasteiger partial charge is 0.134 e. The van der Waals surface area contributed by atoms with Crippen molar-refractivity contribution in [3.05, 3.63) is 102 Å². The summed E-state index contributed by atoms with van der Waals surface area (Å²) in [6, 6.07) is 30.0. The number of hydrogen-bond acceptors (Lipinski definition) is 3. The van der Waals surface area contributed by atoms with E-state index in [9.17, 15) is 0 Å². The minimum atomic E-state index is -0.435. The molecule has 3 aromatic rings. The van der Waals surface area contributed by atoms with Crippen LogP contribution in [0.5, 0.6) is 0 Å². The van der Waals surface area contributed by atoms with Crippen LogP contribution in [0.25, 0.3) is 0 Å². The van der Waals surface area contributed by atoms with Crippen LogP contribution in [-0.2, 0) is 15.1 Å². The van der Waals surface area contributed by atoms with Gasteiger partial charge in [-0.25, -0.2) is 0 Å². The summed E-state index contributed by atoms with van der Waals surface area (Å²) in [7, 11) is 0. The molecule has 3 aliphatic rings. The fourth-order valence-corrected chi connectivity index (χ4v) is 5.48. The predicted octanol–water partition coefficient (Wildman–Crippen LogP) is 5.23. The molecule has 3 heteroatoms. The van der Waals surface area contributed by atoms with Crippen LogP contribution >= 0.6 is 0 Å². The fourth-order valence-electron chi connectivity index (χ4n) is 5.48. The van der Waals surface area contributed by atoms with Gasteiger partial charge in [0.25, 0.3) is 0 Å². The molecule has 0 aliphatic carbocycles. The number of para-hydroxylation sites is 1. The molecular formula is C25H23NO2. The summed E-state index contributed by atoms with van der Waals surface area (Å²) in [5, 5.41) is 3.63. The number of benzene rings is 3. The standard InChI is InChI=1S/C25H23NO2/c1-3-9-17(10-4-1)22-15-20-19-13-7-8-14-21(19)26-24-23(20)25(28-22,16-27-24)18-11-5-2-6-12-18/h1-14,20,22-24,26H,15-16H2/t20-,22+,23+,24+,25+/m1/s1. The van der Waals surface area contributed by atoms with Gasteiger partial charge in [0.1, 0.15) is 11.8 Å². The maximum atomic E-state index is 6.96. The van der Waals surface area contributed by atoms with Gasteiger partial charge in [0.2, 0.25) is 0 Å². The van der Waals surface area contributed by atoms with E-state index in [1.54, 1.807) is 0 Å². The minimum absolute atomic E-state index is 0.0168. The van der Waals surface area contributed by atoms with E-state index in [1.165, 1.54) is 22.4 Å². The molecule has 6 rings (SSSR count). The molecule has 1 N–H and O–H groups in total. The lowest BCUT2D eigenvalue weighted by molar-refractivity contribution is -0.164. The van der Waals surface area contributed by atoms with Gasteiger partial charge in [-0.2, -0.15) is 0 Å². The van der Waals surface area contributed by atoms with Crippen LogP contribution in [0, 0.1) is 5.92 Å². The molecule has 5 atom stereocenters. The van der Waals surface area contributed by atoms with Crippen molar-refractivity contribution in [2.45, 2.75) is 30.3 Å². The van der Waals surface area contributed by atoms with Gasteiger partial charge >= 0.3 is 0 Å². The Morgan fingerprint density at radius 1 is 0.821 bits per heavy atom. The van der Waals surface area contributed by atoms with Gasteiger partial charge in [0.05, 0.1) is 12.7 Å². The molecule has 3 aromatic carbocycles. The average molecular weight is 369 g/mol. The van der Waals surface area contributed by atoms with E-state index >= 15 is 0 Å². The first-order chi connectivity index (χ1) is 13.9. The Morgan fingerprint density at radius 3 is 2.36 bits per heavy atom. The third-order valence-electron chi connectivity index (χ3n) is 6.69. The Kier molecular flexibility index (Phi) is 3.62. The highest BCUT2D eigenvalue weighted by Gasteiger charge is 2.61. The van der Waals surface area contributed by atoms with Crippen LogP contribution in [0.15, 0.2) is 84.9 Å². The molecule has 140 valence electrons. The number of ether oxygens (including phenoxy) is 2. The first-order valence-corrected chi connectivity index (χ1v) is 10.1. The van der Waals surface area contributed by atoms with Crippen molar-refractivity contribution in [3.63, 3.8) is 0 Å². The van der Waals surface area contributed by atoms with Crippen molar-refractivity contribution in [2.75, 3.05) is 11.9 Å². The number of nitrogens with one attached hydrogen (secondary N) is 1. The van der Waals surface area contributed by atoms with Gasteiger partial charge in [-0.05, 0) is 35.1 Å². The summed E-state index contributed by atoms with van der Waals surface area (Å²) in [4.78, 5) is 0. The molecule has 2 saturated heterocycles. The van der Waals surface area contributed by atoms with E-state index in [0.717, 1.165) is 6.42 Å². The zero-order chi connectivity index (χ0) is 18.6. The number of rotatable bonds is 2. The zero-order valence-corrected chi connectivity index (χ0v) is 15.6. The van der Waals surface area contributed by atoms with Gasteiger partial charge in [-0.3, -0.25) is 0 Å². The van der Waals surface area contributed by atoms with E-state index < -0.39 is 5.60 Å². The predicted molar refractivity (Wildman–Crippen MR) is 109 cm³/mol. The molecule has 0 unspecified atom stereocenters. The third kappa shape index (κ3) is 2.30. The van der Waals surface area contributed by atoms with Crippen LogP contribution in [0.2, 0.25) is 0 Å². The van der Waals surface area contributed by atoms with E-state index in [-0.39, 0.29) is 18.2 Å². The molecule has 0 radical (unpaired) electrons. The molecule has 28 heavy (non-hydrogen) atoms. The summed E-state index contributed by atoms with van der Waals surface area (Å²) in [6.45, 7) is 0.577. The Balaban J connectivity index is 1.53. The molecule has 0 amide bonds. The highest BCUT2D eigenvalue weighted by atomic mass is 16.6. The number of fused-ring (bicyclic) bond motifs is 2. The van der Waals surface area contributed by atoms with E-state index in [2.05, 4.69) is 90.2 Å². The molecule has 3 nitrogen and oxygen atoms in total. The van der Waals surface area contributed by atoms with Crippen molar-refractivity contribution in [2.24, 2.45) is 5.92 Å². The number of anilines is 1. The lowest BCUT2D eigenvalue weighted by Crippen LogP contribution is -2.50. The zero-order valence-electron chi connectivity index (χ0n) is 15.6. The highest BCUT2D eigenvalue weighted by molar-refractivity contribution is 5.57. The first kappa shape index (κ1) is 16.3. The van der Waals surface area contributed by atoms with E-state index in [1.807, 2.05) is 0 Å². The Bertz CT molecular complexity index is 990. The Hall–Kier alpha value is -2.62. The normalized spacial score (nSPS) is 32.9. The highest BCUT2D eigenvalue weighted by Crippen LogP contribution is 2.60. The van der Waals surface area contributed by atoms with Gasteiger partial charge in [-0.1, -0.05) is 78.9 Å². The van der Waals surface area contributed by atoms with Crippen LogP contribution in [0.4, 0.5) is 5.69 Å². The van der Waals surface area contributed by atoms with Gasteiger partial charge in [0.15, 0.2) is 0 Å². The monoisotopic (exact) mass is 369 g/mol. The largest absolute Gasteiger partial charge is 0.360 e. The molecule has 2 fully saturated rings.